The summed E-state index contributed by atoms with van der Waals surface area (Å²) in [6.07, 6.45) is 0. The van der Waals surface area contributed by atoms with Crippen LogP contribution in [0.1, 0.15) is 10.4 Å². The Balaban J connectivity index is 3.62. The third-order valence-electron chi connectivity index (χ3n) is 1.91. The van der Waals surface area contributed by atoms with Gasteiger partial charge in [0.05, 0.1) is 14.2 Å². The van der Waals surface area contributed by atoms with E-state index < -0.39 is 40.4 Å². The molecule has 0 aromatic heterocycles. The van der Waals surface area contributed by atoms with E-state index in [1.165, 1.54) is 0 Å². The first kappa shape index (κ1) is 12.2. The summed E-state index contributed by atoms with van der Waals surface area (Å²) >= 11 is 0. The summed E-state index contributed by atoms with van der Waals surface area (Å²) < 4.78 is 48.4. The van der Waals surface area contributed by atoms with Crippen LogP contribution < -0.4 is 10.5 Å². The minimum absolute atomic E-state index is 0.737. The van der Waals surface area contributed by atoms with Gasteiger partial charge in [-0.25, -0.2) is 18.0 Å². The molecule has 1 aromatic carbocycles. The first-order chi connectivity index (χ1) is 7.45. The van der Waals surface area contributed by atoms with Gasteiger partial charge < -0.3 is 15.2 Å². The lowest BCUT2D eigenvalue weighted by Gasteiger charge is -2.11. The van der Waals surface area contributed by atoms with Crippen LogP contribution in [-0.4, -0.2) is 20.2 Å². The molecule has 0 aliphatic carbocycles. The Morgan fingerprint density at radius 1 is 1.12 bits per heavy atom. The summed E-state index contributed by atoms with van der Waals surface area (Å²) in [5, 5.41) is 0. The molecule has 4 nitrogen and oxygen atoms in total. The number of benzene rings is 1. The number of anilines is 1. The van der Waals surface area contributed by atoms with Gasteiger partial charge in [0.2, 0.25) is 0 Å². The van der Waals surface area contributed by atoms with Gasteiger partial charge in [0.1, 0.15) is 11.3 Å². The number of ether oxygens (including phenoxy) is 2. The quantitative estimate of drug-likeness (QED) is 0.479. The third-order valence-corrected chi connectivity index (χ3v) is 1.91. The van der Waals surface area contributed by atoms with E-state index in [1.807, 2.05) is 0 Å². The number of esters is 1. The Bertz CT molecular complexity index is 448. The van der Waals surface area contributed by atoms with Gasteiger partial charge in [-0.3, -0.25) is 0 Å². The third kappa shape index (κ3) is 1.64. The normalized spacial score (nSPS) is 10.1. The molecule has 0 radical (unpaired) electrons. The van der Waals surface area contributed by atoms with Crippen LogP contribution in [0, 0.1) is 17.5 Å². The number of hydrogen-bond donors (Lipinski definition) is 1. The minimum atomic E-state index is -1.71. The molecule has 2 N–H and O–H groups in total. The molecule has 0 atom stereocenters. The molecule has 0 aliphatic rings. The van der Waals surface area contributed by atoms with Crippen molar-refractivity contribution in [2.75, 3.05) is 20.0 Å². The molecule has 7 heteroatoms. The van der Waals surface area contributed by atoms with E-state index in [-0.39, 0.29) is 0 Å². The van der Waals surface area contributed by atoms with Gasteiger partial charge in [0.15, 0.2) is 23.2 Å². The maximum atomic E-state index is 13.5. The zero-order chi connectivity index (χ0) is 12.5. The lowest BCUT2D eigenvalue weighted by molar-refractivity contribution is 0.0587. The van der Waals surface area contributed by atoms with Gasteiger partial charge in [0, 0.05) is 0 Å². The molecule has 16 heavy (non-hydrogen) atoms. The second-order valence-electron chi connectivity index (χ2n) is 2.76. The topological polar surface area (TPSA) is 61.5 Å². The second-order valence-corrected chi connectivity index (χ2v) is 2.76. The molecule has 0 bridgehead atoms. The van der Waals surface area contributed by atoms with E-state index in [0.717, 1.165) is 14.2 Å². The van der Waals surface area contributed by atoms with E-state index in [0.29, 0.717) is 0 Å². The summed E-state index contributed by atoms with van der Waals surface area (Å²) in [6, 6.07) is 0. The molecular formula is C9H8F3NO3. The number of nitrogen functional groups attached to an aromatic ring is 1. The van der Waals surface area contributed by atoms with Crippen molar-refractivity contribution in [3.05, 3.63) is 23.0 Å². The van der Waals surface area contributed by atoms with Crippen LogP contribution in [0.15, 0.2) is 0 Å². The van der Waals surface area contributed by atoms with E-state index in [1.54, 1.807) is 0 Å². The van der Waals surface area contributed by atoms with Gasteiger partial charge in [-0.2, -0.15) is 0 Å². The molecule has 1 aromatic rings. The molecular weight excluding hydrogens is 227 g/mol. The molecule has 0 fully saturated rings. The predicted octanol–water partition coefficient (Wildman–Crippen LogP) is 1.48. The van der Waals surface area contributed by atoms with E-state index in [4.69, 9.17) is 5.73 Å². The van der Waals surface area contributed by atoms with Crippen LogP contribution in [0.3, 0.4) is 0 Å². The van der Waals surface area contributed by atoms with Gasteiger partial charge in [-0.1, -0.05) is 0 Å². The minimum Gasteiger partial charge on any atom is -0.491 e. The average Bonchev–Trinajstić information content (AvgIpc) is 2.27. The van der Waals surface area contributed by atoms with E-state index >= 15 is 0 Å². The Hall–Kier alpha value is -1.92. The highest BCUT2D eigenvalue weighted by Crippen LogP contribution is 2.33. The molecule has 0 unspecified atom stereocenters. The molecule has 0 aliphatic heterocycles. The highest BCUT2D eigenvalue weighted by atomic mass is 19.2. The van der Waals surface area contributed by atoms with Crippen LogP contribution in [0.5, 0.6) is 5.75 Å². The van der Waals surface area contributed by atoms with Crippen LogP contribution in [-0.2, 0) is 4.74 Å². The molecule has 1 rings (SSSR count). The van der Waals surface area contributed by atoms with Crippen molar-refractivity contribution in [2.45, 2.75) is 0 Å². The molecule has 88 valence electrons. The highest BCUT2D eigenvalue weighted by molar-refractivity contribution is 5.91. The van der Waals surface area contributed by atoms with Crippen molar-refractivity contribution >= 4 is 11.7 Å². The number of halogens is 3. The van der Waals surface area contributed by atoms with Crippen LogP contribution in [0.25, 0.3) is 0 Å². The fourth-order valence-corrected chi connectivity index (χ4v) is 1.14. The molecule has 0 heterocycles. The molecule has 0 spiro atoms. The first-order valence-electron chi connectivity index (χ1n) is 4.03. The van der Waals surface area contributed by atoms with E-state index in [9.17, 15) is 18.0 Å². The fraction of sp³-hybridized carbons (Fsp3) is 0.222. The molecule has 0 amide bonds. The van der Waals surface area contributed by atoms with Gasteiger partial charge in [-0.15, -0.1) is 0 Å². The zero-order valence-electron chi connectivity index (χ0n) is 8.44. The van der Waals surface area contributed by atoms with Crippen molar-refractivity contribution < 1.29 is 27.4 Å². The summed E-state index contributed by atoms with van der Waals surface area (Å²) in [7, 11) is 1.91. The summed E-state index contributed by atoms with van der Waals surface area (Å²) in [5.41, 5.74) is 3.06. The van der Waals surface area contributed by atoms with Crippen LogP contribution >= 0.6 is 0 Å². The lowest BCUT2D eigenvalue weighted by Crippen LogP contribution is -2.13. The number of carbonyl (C=O) groups excluding carboxylic acids is 1. The van der Waals surface area contributed by atoms with E-state index in [2.05, 4.69) is 9.47 Å². The summed E-state index contributed by atoms with van der Waals surface area (Å²) in [5.74, 6) is -6.75. The zero-order valence-corrected chi connectivity index (χ0v) is 8.44. The summed E-state index contributed by atoms with van der Waals surface area (Å²) in [4.78, 5) is 11.0. The number of methoxy groups -OCH3 is 2. The Kier molecular flexibility index (Phi) is 3.26. The van der Waals surface area contributed by atoms with Gasteiger partial charge in [-0.05, 0) is 0 Å². The average molecular weight is 235 g/mol. The molecule has 0 saturated heterocycles. The second kappa shape index (κ2) is 4.30. The van der Waals surface area contributed by atoms with Crippen molar-refractivity contribution in [3.8, 4) is 5.75 Å². The predicted molar refractivity (Wildman–Crippen MR) is 48.6 cm³/mol. The Morgan fingerprint density at radius 2 is 1.69 bits per heavy atom. The van der Waals surface area contributed by atoms with Gasteiger partial charge in [0.25, 0.3) is 0 Å². The largest absolute Gasteiger partial charge is 0.491 e. The number of rotatable bonds is 2. The Morgan fingerprint density at radius 3 is 2.12 bits per heavy atom. The summed E-state index contributed by atoms with van der Waals surface area (Å²) in [6.45, 7) is 0. The van der Waals surface area contributed by atoms with Crippen LogP contribution in [0.2, 0.25) is 0 Å². The number of hydrogen-bond acceptors (Lipinski definition) is 4. The first-order valence-corrected chi connectivity index (χ1v) is 4.03. The SMILES string of the molecule is COC(=O)c1c(F)c(F)c(N)c(OC)c1F. The maximum Gasteiger partial charge on any atom is 0.344 e. The number of carbonyl (C=O) groups is 1. The number of nitrogens with two attached hydrogens (primary N) is 1. The van der Waals surface area contributed by atoms with Crippen molar-refractivity contribution in [3.63, 3.8) is 0 Å². The van der Waals surface area contributed by atoms with Crippen molar-refractivity contribution in [1.29, 1.82) is 0 Å². The van der Waals surface area contributed by atoms with Gasteiger partial charge >= 0.3 is 5.97 Å². The monoisotopic (exact) mass is 235 g/mol. The van der Waals surface area contributed by atoms with Crippen molar-refractivity contribution in [1.82, 2.24) is 0 Å². The van der Waals surface area contributed by atoms with Crippen molar-refractivity contribution in [2.24, 2.45) is 0 Å². The smallest absolute Gasteiger partial charge is 0.344 e. The standard InChI is InChI=1S/C9H8F3NO3/c1-15-8-5(11)3(9(14)16-2)4(10)6(12)7(8)13/h13H2,1-2H3. The Labute approximate surface area is 88.8 Å². The fourth-order valence-electron chi connectivity index (χ4n) is 1.14. The highest BCUT2D eigenvalue weighted by Gasteiger charge is 2.29. The maximum absolute atomic E-state index is 13.5. The molecule has 0 saturated carbocycles. The van der Waals surface area contributed by atoms with Crippen LogP contribution in [0.4, 0.5) is 18.9 Å². The lowest BCUT2D eigenvalue weighted by atomic mass is 10.1.